The summed E-state index contributed by atoms with van der Waals surface area (Å²) in [7, 11) is 0. The van der Waals surface area contributed by atoms with E-state index in [0.29, 0.717) is 22.4 Å². The fraction of sp³-hybridized carbons (Fsp3) is 0.0385. The van der Waals surface area contributed by atoms with E-state index in [4.69, 9.17) is 16.6 Å². The van der Waals surface area contributed by atoms with Crippen LogP contribution in [0.5, 0.6) is 0 Å². The molecular formula is C26H20N2O3S. The molecule has 0 fully saturated rings. The molecule has 0 aliphatic carbocycles. The van der Waals surface area contributed by atoms with E-state index >= 15 is 0 Å². The first-order chi connectivity index (χ1) is 15.5. The Morgan fingerprint density at radius 3 is 2.53 bits per heavy atom. The van der Waals surface area contributed by atoms with Crippen LogP contribution in [-0.4, -0.2) is 11.0 Å². The monoisotopic (exact) mass is 440 g/mol. The van der Waals surface area contributed by atoms with E-state index < -0.39 is 5.63 Å². The topological polar surface area (TPSA) is 71.3 Å². The van der Waals surface area contributed by atoms with Gasteiger partial charge in [-0.1, -0.05) is 60.7 Å². The first-order valence-corrected chi connectivity index (χ1v) is 10.4. The van der Waals surface area contributed by atoms with Gasteiger partial charge in [0, 0.05) is 17.1 Å². The van der Waals surface area contributed by atoms with E-state index in [0.717, 1.165) is 16.5 Å². The molecule has 3 aromatic carbocycles. The Hall–Kier alpha value is -4.03. The van der Waals surface area contributed by atoms with Crippen LogP contribution in [0.3, 0.4) is 0 Å². The molecule has 0 atom stereocenters. The van der Waals surface area contributed by atoms with Crippen molar-refractivity contribution in [2.75, 3.05) is 5.32 Å². The summed E-state index contributed by atoms with van der Waals surface area (Å²) in [6.07, 6.45) is 3.13. The van der Waals surface area contributed by atoms with Crippen LogP contribution < -0.4 is 16.3 Å². The normalized spacial score (nSPS) is 10.9. The van der Waals surface area contributed by atoms with Crippen LogP contribution in [0.2, 0.25) is 0 Å². The Morgan fingerprint density at radius 1 is 0.969 bits per heavy atom. The molecule has 4 rings (SSSR count). The highest BCUT2D eigenvalue weighted by Gasteiger charge is 2.11. The summed E-state index contributed by atoms with van der Waals surface area (Å²) in [4.78, 5) is 24.7. The van der Waals surface area contributed by atoms with Gasteiger partial charge in [0.15, 0.2) is 5.11 Å². The molecule has 0 spiro atoms. The number of amides is 1. The molecule has 0 bridgehead atoms. The highest BCUT2D eigenvalue weighted by Crippen LogP contribution is 2.25. The van der Waals surface area contributed by atoms with E-state index in [1.807, 2.05) is 79.7 Å². The molecule has 1 amide bonds. The number of rotatable bonds is 4. The summed E-state index contributed by atoms with van der Waals surface area (Å²) in [6, 6.07) is 24.2. The number of thiocarbonyl (C=S) groups is 1. The number of carbonyl (C=O) groups is 1. The zero-order valence-corrected chi connectivity index (χ0v) is 18.1. The zero-order chi connectivity index (χ0) is 22.5. The quantitative estimate of drug-likeness (QED) is 0.256. The lowest BCUT2D eigenvalue weighted by atomic mass is 10.0. The number of hydrogen-bond acceptors (Lipinski definition) is 4. The standard InChI is InChI=1S/C26H20N2O3S/c1-17-11-13-19(21-15-20-9-5-6-10-23(20)31-25(21)30)16-22(17)27-26(32)28-24(29)14-12-18-7-3-2-4-8-18/h2-16H,1H3,(H2,27,28,29,32)/b14-12+. The van der Waals surface area contributed by atoms with Gasteiger partial charge >= 0.3 is 5.63 Å². The maximum Gasteiger partial charge on any atom is 0.344 e. The van der Waals surface area contributed by atoms with Crippen LogP contribution in [-0.2, 0) is 4.79 Å². The van der Waals surface area contributed by atoms with Crippen LogP contribution in [0, 0.1) is 6.92 Å². The highest BCUT2D eigenvalue weighted by atomic mass is 32.1. The Balaban J connectivity index is 1.51. The zero-order valence-electron chi connectivity index (χ0n) is 17.3. The molecule has 1 aromatic heterocycles. The summed E-state index contributed by atoms with van der Waals surface area (Å²) >= 11 is 5.29. The minimum Gasteiger partial charge on any atom is -0.422 e. The van der Waals surface area contributed by atoms with Crippen molar-refractivity contribution >= 4 is 46.0 Å². The smallest absolute Gasteiger partial charge is 0.344 e. The third-order valence-corrected chi connectivity index (χ3v) is 5.11. The lowest BCUT2D eigenvalue weighted by molar-refractivity contribution is -0.115. The second kappa shape index (κ2) is 9.41. The van der Waals surface area contributed by atoms with Crippen LogP contribution >= 0.6 is 12.2 Å². The van der Waals surface area contributed by atoms with E-state index in [1.54, 1.807) is 12.1 Å². The summed E-state index contributed by atoms with van der Waals surface area (Å²) in [5.41, 5.74) is 3.78. The van der Waals surface area contributed by atoms with Gasteiger partial charge in [-0.15, -0.1) is 0 Å². The van der Waals surface area contributed by atoms with Crippen molar-refractivity contribution < 1.29 is 9.21 Å². The molecule has 5 nitrogen and oxygen atoms in total. The van der Waals surface area contributed by atoms with Crippen molar-refractivity contribution in [3.63, 3.8) is 0 Å². The lowest BCUT2D eigenvalue weighted by Crippen LogP contribution is -2.33. The Bertz CT molecular complexity index is 1390. The SMILES string of the molecule is Cc1ccc(-c2cc3ccccc3oc2=O)cc1NC(=S)NC(=O)/C=C/c1ccccc1. The number of hydrogen-bond donors (Lipinski definition) is 2. The molecule has 0 aliphatic rings. The third kappa shape index (κ3) is 4.99. The molecule has 158 valence electrons. The molecule has 0 unspecified atom stereocenters. The van der Waals surface area contributed by atoms with Crippen molar-refractivity contribution in [1.29, 1.82) is 0 Å². The van der Waals surface area contributed by atoms with Crippen molar-refractivity contribution in [3.8, 4) is 11.1 Å². The number of para-hydroxylation sites is 1. The van der Waals surface area contributed by atoms with Crippen molar-refractivity contribution in [2.45, 2.75) is 6.92 Å². The molecule has 4 aromatic rings. The molecule has 32 heavy (non-hydrogen) atoms. The molecule has 2 N–H and O–H groups in total. The van der Waals surface area contributed by atoms with Gasteiger partial charge in [-0.2, -0.15) is 0 Å². The maximum absolute atomic E-state index is 12.5. The predicted octanol–water partition coefficient (Wildman–Crippen LogP) is 5.29. The minimum absolute atomic E-state index is 0.165. The molecule has 0 saturated heterocycles. The first-order valence-electron chi connectivity index (χ1n) is 9.98. The van der Waals surface area contributed by atoms with Crippen molar-refractivity contribution in [1.82, 2.24) is 5.32 Å². The Labute approximate surface area is 190 Å². The lowest BCUT2D eigenvalue weighted by Gasteiger charge is -2.12. The molecule has 1 heterocycles. The fourth-order valence-corrected chi connectivity index (χ4v) is 3.44. The highest BCUT2D eigenvalue weighted by molar-refractivity contribution is 7.80. The number of nitrogens with one attached hydrogen (secondary N) is 2. The van der Waals surface area contributed by atoms with Gasteiger partial charge in [0.05, 0.1) is 5.56 Å². The number of anilines is 1. The summed E-state index contributed by atoms with van der Waals surface area (Å²) < 4.78 is 5.45. The molecule has 6 heteroatoms. The second-order valence-corrected chi connectivity index (χ2v) is 7.61. The third-order valence-electron chi connectivity index (χ3n) is 4.90. The largest absolute Gasteiger partial charge is 0.422 e. The second-order valence-electron chi connectivity index (χ2n) is 7.20. The Morgan fingerprint density at radius 2 is 1.72 bits per heavy atom. The fourth-order valence-electron chi connectivity index (χ4n) is 3.23. The number of aryl methyl sites for hydroxylation is 1. The van der Waals surface area contributed by atoms with Crippen LogP contribution in [0.15, 0.2) is 94.2 Å². The van der Waals surface area contributed by atoms with E-state index in [9.17, 15) is 9.59 Å². The minimum atomic E-state index is -0.416. The van der Waals surface area contributed by atoms with E-state index in [1.165, 1.54) is 6.08 Å². The Kier molecular flexibility index (Phi) is 6.24. The summed E-state index contributed by atoms with van der Waals surface area (Å²) in [5, 5.41) is 6.68. The van der Waals surface area contributed by atoms with Gasteiger partial charge < -0.3 is 9.73 Å². The molecule has 0 saturated carbocycles. The number of carbonyl (C=O) groups excluding carboxylic acids is 1. The molecule has 0 aliphatic heterocycles. The van der Waals surface area contributed by atoms with Gasteiger partial charge in [0.2, 0.25) is 5.91 Å². The number of fused-ring (bicyclic) bond motifs is 1. The molecule has 0 radical (unpaired) electrons. The van der Waals surface area contributed by atoms with Gasteiger partial charge in [0.25, 0.3) is 0 Å². The first kappa shape index (κ1) is 21.2. The predicted molar refractivity (Wildman–Crippen MR) is 132 cm³/mol. The molecular weight excluding hydrogens is 420 g/mol. The van der Waals surface area contributed by atoms with Crippen molar-refractivity contribution in [2.24, 2.45) is 0 Å². The number of benzene rings is 3. The van der Waals surface area contributed by atoms with E-state index in [-0.39, 0.29) is 11.0 Å². The van der Waals surface area contributed by atoms with Gasteiger partial charge in [-0.3, -0.25) is 10.1 Å². The van der Waals surface area contributed by atoms with Gasteiger partial charge in [-0.25, -0.2) is 4.79 Å². The van der Waals surface area contributed by atoms with Crippen LogP contribution in [0.25, 0.3) is 28.2 Å². The average molecular weight is 441 g/mol. The van der Waals surface area contributed by atoms with E-state index in [2.05, 4.69) is 10.6 Å². The van der Waals surface area contributed by atoms with Gasteiger partial charge in [-0.05, 0) is 60.1 Å². The summed E-state index contributed by atoms with van der Waals surface area (Å²) in [6.45, 7) is 1.91. The summed E-state index contributed by atoms with van der Waals surface area (Å²) in [5.74, 6) is -0.338. The average Bonchev–Trinajstić information content (AvgIpc) is 2.79. The van der Waals surface area contributed by atoms with Gasteiger partial charge in [0.1, 0.15) is 5.58 Å². The van der Waals surface area contributed by atoms with Crippen LogP contribution in [0.4, 0.5) is 5.69 Å². The van der Waals surface area contributed by atoms with Crippen LogP contribution in [0.1, 0.15) is 11.1 Å². The maximum atomic E-state index is 12.5. The van der Waals surface area contributed by atoms with Crippen molar-refractivity contribution in [3.05, 3.63) is 106 Å².